The molecule has 1 amide bonds. The molecule has 0 unspecified atom stereocenters. The molecule has 0 saturated carbocycles. The van der Waals surface area contributed by atoms with Crippen molar-refractivity contribution in [2.45, 2.75) is 66.0 Å². The van der Waals surface area contributed by atoms with E-state index in [0.29, 0.717) is 23.1 Å². The first-order chi connectivity index (χ1) is 16.1. The lowest BCUT2D eigenvalue weighted by Crippen LogP contribution is -2.39. The smallest absolute Gasteiger partial charge is 0.260 e. The molecule has 0 spiro atoms. The molecular weight excluding hydrogens is 444 g/mol. The van der Waals surface area contributed by atoms with Crippen LogP contribution in [-0.4, -0.2) is 48.1 Å². The van der Waals surface area contributed by atoms with E-state index in [0.717, 1.165) is 55.3 Å². The van der Waals surface area contributed by atoms with Crippen LogP contribution in [0.2, 0.25) is 0 Å². The van der Waals surface area contributed by atoms with Gasteiger partial charge in [-0.25, -0.2) is 0 Å². The Bertz CT molecular complexity index is 988. The van der Waals surface area contributed by atoms with E-state index in [1.165, 1.54) is 22.9 Å². The lowest BCUT2D eigenvalue weighted by atomic mass is 9.96. The molecule has 0 radical (unpaired) electrons. The van der Waals surface area contributed by atoms with Crippen molar-refractivity contribution in [3.63, 3.8) is 0 Å². The number of piperidine rings is 1. The predicted octanol–water partition coefficient (Wildman–Crippen LogP) is 4.65. The molecule has 1 fully saturated rings. The van der Waals surface area contributed by atoms with Gasteiger partial charge in [0.25, 0.3) is 5.91 Å². The minimum absolute atomic E-state index is 0.117. The molecule has 34 heavy (non-hydrogen) atoms. The number of rotatable bonds is 7. The maximum absolute atomic E-state index is 13.0. The van der Waals surface area contributed by atoms with Gasteiger partial charge in [0.15, 0.2) is 0 Å². The van der Waals surface area contributed by atoms with Crippen molar-refractivity contribution < 1.29 is 9.53 Å². The maximum Gasteiger partial charge on any atom is 0.260 e. The van der Waals surface area contributed by atoms with Crippen molar-refractivity contribution in [2.24, 2.45) is 16.6 Å². The lowest BCUT2D eigenvalue weighted by molar-refractivity contribution is -0.117. The molecule has 2 aliphatic heterocycles. The van der Waals surface area contributed by atoms with Gasteiger partial charge in [-0.2, -0.15) is 0 Å². The number of carbonyl (C=O) groups is 1. The summed E-state index contributed by atoms with van der Waals surface area (Å²) in [5.74, 6) is 1.43. The normalized spacial score (nSPS) is 19.9. The Morgan fingerprint density at radius 1 is 1.32 bits per heavy atom. The largest absolute Gasteiger partial charge is 0.487 e. The zero-order valence-corrected chi connectivity index (χ0v) is 22.3. The Morgan fingerprint density at radius 3 is 2.68 bits per heavy atom. The molecule has 0 bridgehead atoms. The number of nitrogens with zero attached hydrogens (tertiary/aromatic N) is 2. The van der Waals surface area contributed by atoms with Gasteiger partial charge in [0.1, 0.15) is 16.3 Å². The summed E-state index contributed by atoms with van der Waals surface area (Å²) in [7, 11) is 1.72. The zero-order chi connectivity index (χ0) is 24.9. The van der Waals surface area contributed by atoms with E-state index in [1.807, 2.05) is 26.8 Å². The van der Waals surface area contributed by atoms with Crippen molar-refractivity contribution in [3.8, 4) is 5.75 Å². The number of amides is 1. The third kappa shape index (κ3) is 6.66. The van der Waals surface area contributed by atoms with Gasteiger partial charge in [-0.3, -0.25) is 14.7 Å². The number of nitrogens with one attached hydrogen (secondary N) is 1. The van der Waals surface area contributed by atoms with E-state index in [4.69, 9.17) is 10.5 Å². The third-order valence-corrected chi connectivity index (χ3v) is 7.79. The summed E-state index contributed by atoms with van der Waals surface area (Å²) in [5.41, 5.74) is 10.2. The first kappa shape index (κ1) is 26.4. The number of aliphatic imine (C=N–C) groups is 1. The second-order valence-corrected chi connectivity index (χ2v) is 11.1. The van der Waals surface area contributed by atoms with Crippen LogP contribution in [0.3, 0.4) is 0 Å². The number of benzene rings is 1. The van der Waals surface area contributed by atoms with Crippen LogP contribution in [0.25, 0.3) is 0 Å². The molecule has 1 saturated heterocycles. The molecule has 7 heteroatoms. The van der Waals surface area contributed by atoms with E-state index in [1.54, 1.807) is 7.05 Å². The van der Waals surface area contributed by atoms with Crippen molar-refractivity contribution in [2.75, 3.05) is 26.7 Å². The van der Waals surface area contributed by atoms with Gasteiger partial charge in [0.2, 0.25) is 0 Å². The van der Waals surface area contributed by atoms with Crippen LogP contribution < -0.4 is 15.8 Å². The Kier molecular flexibility index (Phi) is 8.88. The van der Waals surface area contributed by atoms with Crippen LogP contribution in [-0.2, 0) is 17.8 Å². The number of para-hydroxylation sites is 1. The van der Waals surface area contributed by atoms with Crippen molar-refractivity contribution in [3.05, 3.63) is 51.6 Å². The first-order valence-corrected chi connectivity index (χ1v) is 13.0. The van der Waals surface area contributed by atoms with Crippen molar-refractivity contribution >= 4 is 22.7 Å². The standard InChI is InChI=1S/C27H40N4O2S/c1-7-18(2)23(28)25(34-19(3)29-6)26(32)30-16-20-11-13-31(14-12-20)17-22-10-8-9-21-15-27(4,5)33-24(21)22/h7-10,20H,11-17,28H2,1-6H3,(H,30,32)/b18-7+,25-23+,29-19?. The highest BCUT2D eigenvalue weighted by atomic mass is 32.2. The predicted molar refractivity (Wildman–Crippen MR) is 143 cm³/mol. The second kappa shape index (κ2) is 11.5. The van der Waals surface area contributed by atoms with Gasteiger partial charge in [-0.15, -0.1) is 0 Å². The zero-order valence-electron chi connectivity index (χ0n) is 21.5. The van der Waals surface area contributed by atoms with Crippen LogP contribution in [0.1, 0.15) is 58.6 Å². The number of ether oxygens (including phenoxy) is 1. The minimum atomic E-state index is -0.119. The number of hydrogen-bond acceptors (Lipinski definition) is 6. The van der Waals surface area contributed by atoms with E-state index in [2.05, 4.69) is 47.3 Å². The third-order valence-electron chi connectivity index (χ3n) is 6.70. The van der Waals surface area contributed by atoms with Crippen LogP contribution in [0, 0.1) is 5.92 Å². The molecule has 0 aliphatic carbocycles. The first-order valence-electron chi connectivity index (χ1n) is 12.2. The van der Waals surface area contributed by atoms with Gasteiger partial charge in [0, 0.05) is 32.1 Å². The van der Waals surface area contributed by atoms with E-state index in [-0.39, 0.29) is 11.5 Å². The fraction of sp³-hybridized carbons (Fsp3) is 0.556. The van der Waals surface area contributed by atoms with Crippen molar-refractivity contribution in [1.82, 2.24) is 10.2 Å². The number of carbonyl (C=O) groups excluding carboxylic acids is 1. The van der Waals surface area contributed by atoms with E-state index >= 15 is 0 Å². The van der Waals surface area contributed by atoms with Crippen LogP contribution >= 0.6 is 11.8 Å². The number of likely N-dealkylation sites (tertiary alicyclic amines) is 1. The summed E-state index contributed by atoms with van der Waals surface area (Å²) in [4.78, 5) is 20.2. The highest BCUT2D eigenvalue weighted by Crippen LogP contribution is 2.38. The Labute approximate surface area is 209 Å². The summed E-state index contributed by atoms with van der Waals surface area (Å²) in [6.07, 6.45) is 5.01. The highest BCUT2D eigenvalue weighted by Gasteiger charge is 2.32. The van der Waals surface area contributed by atoms with E-state index < -0.39 is 0 Å². The van der Waals surface area contributed by atoms with Gasteiger partial charge in [0.05, 0.1) is 10.7 Å². The quantitative estimate of drug-likeness (QED) is 0.255. The number of thioether (sulfide) groups is 1. The topological polar surface area (TPSA) is 79.9 Å². The monoisotopic (exact) mass is 484 g/mol. The summed E-state index contributed by atoms with van der Waals surface area (Å²) >= 11 is 1.33. The lowest BCUT2D eigenvalue weighted by Gasteiger charge is -2.32. The van der Waals surface area contributed by atoms with Gasteiger partial charge in [-0.05, 0) is 77.6 Å². The average molecular weight is 485 g/mol. The molecule has 1 aromatic carbocycles. The number of nitrogens with two attached hydrogens (primary N) is 1. The fourth-order valence-corrected chi connectivity index (χ4v) is 5.28. The van der Waals surface area contributed by atoms with Crippen LogP contribution in [0.15, 0.2) is 45.4 Å². The number of fused-ring (bicyclic) bond motifs is 1. The van der Waals surface area contributed by atoms with Gasteiger partial charge >= 0.3 is 0 Å². The Morgan fingerprint density at radius 2 is 2.03 bits per heavy atom. The van der Waals surface area contributed by atoms with Crippen LogP contribution in [0.5, 0.6) is 5.75 Å². The molecule has 3 rings (SSSR count). The molecule has 3 N–H and O–H groups in total. The molecule has 2 heterocycles. The van der Waals surface area contributed by atoms with E-state index in [9.17, 15) is 4.79 Å². The molecule has 6 nitrogen and oxygen atoms in total. The van der Waals surface area contributed by atoms with Gasteiger partial charge in [-0.1, -0.05) is 36.0 Å². The molecular formula is C27H40N4O2S. The van der Waals surface area contributed by atoms with Gasteiger partial charge < -0.3 is 15.8 Å². The highest BCUT2D eigenvalue weighted by molar-refractivity contribution is 8.17. The Hall–Kier alpha value is -2.25. The Balaban J connectivity index is 1.54. The molecule has 1 aromatic rings. The summed E-state index contributed by atoms with van der Waals surface area (Å²) in [6.45, 7) is 13.7. The summed E-state index contributed by atoms with van der Waals surface area (Å²) in [5, 5.41) is 3.94. The maximum atomic E-state index is 13.0. The summed E-state index contributed by atoms with van der Waals surface area (Å²) in [6, 6.07) is 6.52. The SMILES string of the molecule is C/C=C(C)/C(N)=C(\SC(C)=NC)C(=O)NCC1CCN(Cc2cccc3c2OC(C)(C)C3)CC1. The minimum Gasteiger partial charge on any atom is -0.487 e. The second-order valence-electron chi connectivity index (χ2n) is 9.93. The molecule has 2 aliphatic rings. The average Bonchev–Trinajstić information content (AvgIpc) is 3.15. The number of hydrogen-bond donors (Lipinski definition) is 2. The summed E-state index contributed by atoms with van der Waals surface area (Å²) < 4.78 is 6.25. The fourth-order valence-electron chi connectivity index (χ4n) is 4.46. The molecule has 0 atom stereocenters. The van der Waals surface area contributed by atoms with Crippen LogP contribution in [0.4, 0.5) is 0 Å². The molecule has 0 aromatic heterocycles. The van der Waals surface area contributed by atoms with Crippen molar-refractivity contribution in [1.29, 1.82) is 0 Å². The molecule has 186 valence electrons. The number of allylic oxidation sites excluding steroid dienone is 2.